The molecule has 21 heavy (non-hydrogen) atoms. The van der Waals surface area contributed by atoms with Crippen LogP contribution in [0.4, 0.5) is 0 Å². The summed E-state index contributed by atoms with van der Waals surface area (Å²) in [6.45, 7) is 2.97. The Kier molecular flexibility index (Phi) is 4.76. The molecular formula is C17H18ClNO2. The van der Waals surface area contributed by atoms with E-state index in [1.807, 2.05) is 48.5 Å². The molecule has 0 bridgehead atoms. The Bertz CT molecular complexity index is 583. The summed E-state index contributed by atoms with van der Waals surface area (Å²) in [7, 11) is 0. The Hall–Kier alpha value is -1.55. The maximum atomic E-state index is 6.31. The van der Waals surface area contributed by atoms with Crippen molar-refractivity contribution in [3.8, 4) is 5.75 Å². The largest absolute Gasteiger partial charge is 0.487 e. The van der Waals surface area contributed by atoms with Gasteiger partial charge in [0.1, 0.15) is 12.4 Å². The normalized spacial score (nSPS) is 18.4. The molecule has 0 aromatic heterocycles. The fraction of sp³-hybridized carbons (Fsp3) is 0.294. The zero-order valence-electron chi connectivity index (χ0n) is 11.7. The van der Waals surface area contributed by atoms with E-state index in [0.717, 1.165) is 30.8 Å². The van der Waals surface area contributed by atoms with Crippen LogP contribution in [0.15, 0.2) is 48.5 Å². The predicted octanol–water partition coefficient (Wildman–Crippen LogP) is 3.58. The standard InChI is InChI=1S/C17H18ClNO2/c18-15-10-14(17-11-19-8-9-20-17)6-7-16(15)21-12-13-4-2-1-3-5-13/h1-7,10,17,19H,8-9,11-12H2. The lowest BCUT2D eigenvalue weighted by molar-refractivity contribution is 0.0277. The van der Waals surface area contributed by atoms with Gasteiger partial charge in [-0.3, -0.25) is 0 Å². The lowest BCUT2D eigenvalue weighted by Gasteiger charge is -2.24. The maximum Gasteiger partial charge on any atom is 0.138 e. The molecule has 0 aliphatic carbocycles. The number of nitrogens with one attached hydrogen (secondary N) is 1. The van der Waals surface area contributed by atoms with Crippen LogP contribution >= 0.6 is 11.6 Å². The number of ether oxygens (including phenoxy) is 2. The van der Waals surface area contributed by atoms with Crippen molar-refractivity contribution < 1.29 is 9.47 Å². The third-order valence-electron chi connectivity index (χ3n) is 3.49. The van der Waals surface area contributed by atoms with Gasteiger partial charge in [0.15, 0.2) is 0 Å². The van der Waals surface area contributed by atoms with E-state index in [-0.39, 0.29) is 6.10 Å². The molecule has 1 aliphatic heterocycles. The molecule has 110 valence electrons. The molecule has 1 N–H and O–H groups in total. The van der Waals surface area contributed by atoms with Crippen LogP contribution in [0, 0.1) is 0 Å². The third-order valence-corrected chi connectivity index (χ3v) is 3.79. The number of rotatable bonds is 4. The topological polar surface area (TPSA) is 30.5 Å². The average Bonchev–Trinajstić information content (AvgIpc) is 2.55. The highest BCUT2D eigenvalue weighted by Gasteiger charge is 2.16. The van der Waals surface area contributed by atoms with Crippen molar-refractivity contribution >= 4 is 11.6 Å². The van der Waals surface area contributed by atoms with Gasteiger partial charge >= 0.3 is 0 Å². The summed E-state index contributed by atoms with van der Waals surface area (Å²) in [5.41, 5.74) is 2.21. The molecule has 1 aliphatic rings. The van der Waals surface area contributed by atoms with Gasteiger partial charge in [-0.15, -0.1) is 0 Å². The Morgan fingerprint density at radius 2 is 2.05 bits per heavy atom. The molecule has 1 heterocycles. The smallest absolute Gasteiger partial charge is 0.138 e. The summed E-state index contributed by atoms with van der Waals surface area (Å²) in [5, 5.41) is 3.94. The molecule has 2 aromatic rings. The first-order valence-corrected chi connectivity index (χ1v) is 7.49. The third kappa shape index (κ3) is 3.76. The van der Waals surface area contributed by atoms with Crippen molar-refractivity contribution in [2.45, 2.75) is 12.7 Å². The SMILES string of the molecule is Clc1cc(C2CNCCO2)ccc1OCc1ccccc1. The van der Waals surface area contributed by atoms with E-state index in [4.69, 9.17) is 21.1 Å². The highest BCUT2D eigenvalue weighted by Crippen LogP contribution is 2.30. The van der Waals surface area contributed by atoms with Crippen molar-refractivity contribution in [2.24, 2.45) is 0 Å². The average molecular weight is 304 g/mol. The van der Waals surface area contributed by atoms with Crippen LogP contribution in [-0.4, -0.2) is 19.7 Å². The number of morpholine rings is 1. The van der Waals surface area contributed by atoms with Gasteiger partial charge in [-0.05, 0) is 23.3 Å². The minimum Gasteiger partial charge on any atom is -0.487 e. The number of hydrogen-bond donors (Lipinski definition) is 1. The fourth-order valence-corrected chi connectivity index (χ4v) is 2.59. The van der Waals surface area contributed by atoms with Crippen molar-refractivity contribution in [3.05, 3.63) is 64.7 Å². The van der Waals surface area contributed by atoms with E-state index < -0.39 is 0 Å². The Labute approximate surface area is 129 Å². The quantitative estimate of drug-likeness (QED) is 0.936. The lowest BCUT2D eigenvalue weighted by Crippen LogP contribution is -2.33. The van der Waals surface area contributed by atoms with Gasteiger partial charge in [-0.2, -0.15) is 0 Å². The summed E-state index contributed by atoms with van der Waals surface area (Å²) in [5.74, 6) is 0.702. The van der Waals surface area contributed by atoms with E-state index in [1.54, 1.807) is 0 Å². The molecule has 3 nitrogen and oxygen atoms in total. The van der Waals surface area contributed by atoms with E-state index >= 15 is 0 Å². The van der Waals surface area contributed by atoms with Gasteiger partial charge < -0.3 is 14.8 Å². The van der Waals surface area contributed by atoms with Gasteiger partial charge in [0.25, 0.3) is 0 Å². The molecule has 0 spiro atoms. The molecule has 4 heteroatoms. The summed E-state index contributed by atoms with van der Waals surface area (Å²) < 4.78 is 11.5. The number of hydrogen-bond acceptors (Lipinski definition) is 3. The van der Waals surface area contributed by atoms with Crippen molar-refractivity contribution in [1.82, 2.24) is 5.32 Å². The lowest BCUT2D eigenvalue weighted by atomic mass is 10.1. The first-order chi connectivity index (χ1) is 10.3. The van der Waals surface area contributed by atoms with E-state index in [2.05, 4.69) is 5.32 Å². The molecule has 1 atom stereocenters. The molecule has 3 rings (SSSR count). The van der Waals surface area contributed by atoms with Crippen molar-refractivity contribution in [3.63, 3.8) is 0 Å². The summed E-state index contributed by atoms with van der Waals surface area (Å²) >= 11 is 6.31. The predicted molar refractivity (Wildman–Crippen MR) is 83.8 cm³/mol. The van der Waals surface area contributed by atoms with Crippen LogP contribution < -0.4 is 10.1 Å². The molecular weight excluding hydrogens is 286 g/mol. The molecule has 1 saturated heterocycles. The summed E-state index contributed by atoms with van der Waals surface area (Å²) in [6.07, 6.45) is 0.0689. The van der Waals surface area contributed by atoms with Crippen LogP contribution in [0.1, 0.15) is 17.2 Å². The molecule has 0 saturated carbocycles. The Morgan fingerprint density at radius 3 is 2.76 bits per heavy atom. The number of benzene rings is 2. The van der Waals surface area contributed by atoms with Crippen LogP contribution in [-0.2, 0) is 11.3 Å². The monoisotopic (exact) mass is 303 g/mol. The van der Waals surface area contributed by atoms with Crippen LogP contribution in [0.25, 0.3) is 0 Å². The van der Waals surface area contributed by atoms with Gasteiger partial charge in [0.2, 0.25) is 0 Å². The van der Waals surface area contributed by atoms with Crippen LogP contribution in [0.5, 0.6) is 5.75 Å². The second kappa shape index (κ2) is 6.94. The van der Waals surface area contributed by atoms with E-state index in [1.165, 1.54) is 0 Å². The minimum atomic E-state index is 0.0689. The Morgan fingerprint density at radius 1 is 1.19 bits per heavy atom. The highest BCUT2D eigenvalue weighted by molar-refractivity contribution is 6.32. The maximum absolute atomic E-state index is 6.31. The van der Waals surface area contributed by atoms with E-state index in [9.17, 15) is 0 Å². The summed E-state index contributed by atoms with van der Waals surface area (Å²) in [6, 6.07) is 15.9. The fourth-order valence-electron chi connectivity index (χ4n) is 2.35. The first-order valence-electron chi connectivity index (χ1n) is 7.11. The van der Waals surface area contributed by atoms with Gasteiger partial charge in [0.05, 0.1) is 17.7 Å². The minimum absolute atomic E-state index is 0.0689. The molecule has 0 amide bonds. The molecule has 1 unspecified atom stereocenters. The zero-order chi connectivity index (χ0) is 14.5. The number of halogens is 1. The molecule has 1 fully saturated rings. The Balaban J connectivity index is 1.66. The molecule has 0 radical (unpaired) electrons. The van der Waals surface area contributed by atoms with Crippen molar-refractivity contribution in [2.75, 3.05) is 19.7 Å². The van der Waals surface area contributed by atoms with Gasteiger partial charge in [0, 0.05) is 13.1 Å². The second-order valence-electron chi connectivity index (χ2n) is 5.03. The van der Waals surface area contributed by atoms with Gasteiger partial charge in [-0.25, -0.2) is 0 Å². The zero-order valence-corrected chi connectivity index (χ0v) is 12.5. The van der Waals surface area contributed by atoms with Gasteiger partial charge in [-0.1, -0.05) is 48.0 Å². The molecule has 2 aromatic carbocycles. The highest BCUT2D eigenvalue weighted by atomic mass is 35.5. The first kappa shape index (κ1) is 14.4. The van der Waals surface area contributed by atoms with E-state index in [0.29, 0.717) is 17.4 Å². The van der Waals surface area contributed by atoms with Crippen LogP contribution in [0.3, 0.4) is 0 Å². The van der Waals surface area contributed by atoms with Crippen molar-refractivity contribution in [1.29, 1.82) is 0 Å². The second-order valence-corrected chi connectivity index (χ2v) is 5.43. The summed E-state index contributed by atoms with van der Waals surface area (Å²) in [4.78, 5) is 0. The van der Waals surface area contributed by atoms with Crippen LogP contribution in [0.2, 0.25) is 5.02 Å².